The zero-order chi connectivity index (χ0) is 19.3. The molecule has 26 heavy (non-hydrogen) atoms. The van der Waals surface area contributed by atoms with Crippen LogP contribution in [-0.2, 0) is 28.7 Å². The van der Waals surface area contributed by atoms with Crippen molar-refractivity contribution in [2.24, 2.45) is 23.7 Å². The van der Waals surface area contributed by atoms with Crippen molar-refractivity contribution in [3.63, 3.8) is 0 Å². The lowest BCUT2D eigenvalue weighted by molar-refractivity contribution is -0.148. The summed E-state index contributed by atoms with van der Waals surface area (Å²) in [4.78, 5) is 47.4. The molecule has 0 spiro atoms. The van der Waals surface area contributed by atoms with Crippen LogP contribution in [0, 0.1) is 23.7 Å². The molecule has 142 valence electrons. The van der Waals surface area contributed by atoms with E-state index >= 15 is 0 Å². The summed E-state index contributed by atoms with van der Waals surface area (Å²) in [5.41, 5.74) is 4.31. The van der Waals surface area contributed by atoms with Crippen LogP contribution in [0.1, 0.15) is 20.3 Å². The van der Waals surface area contributed by atoms with Crippen molar-refractivity contribution >= 4 is 23.8 Å². The number of fused-ring (bicyclic) bond motifs is 2. The van der Waals surface area contributed by atoms with Crippen molar-refractivity contribution in [2.45, 2.75) is 20.3 Å². The molecule has 2 aliphatic carbocycles. The first-order chi connectivity index (χ1) is 12.4. The fourth-order valence-electron chi connectivity index (χ4n) is 3.40. The third-order valence-electron chi connectivity index (χ3n) is 4.45. The number of ether oxygens (including phenoxy) is 2. The SMILES string of the molecule is CCOC(=O)C(=CNNC(=O)[C@H]1[C@@H](C(=O)O)[C@H]2C=C[C@@H]1C2)C(=O)OCC. The highest BCUT2D eigenvalue weighted by molar-refractivity contribution is 6.14. The van der Waals surface area contributed by atoms with Gasteiger partial charge in [-0.1, -0.05) is 12.2 Å². The van der Waals surface area contributed by atoms with E-state index in [0.717, 1.165) is 6.20 Å². The van der Waals surface area contributed by atoms with Crippen LogP contribution in [0.15, 0.2) is 23.9 Å². The highest BCUT2D eigenvalue weighted by Crippen LogP contribution is 2.48. The van der Waals surface area contributed by atoms with E-state index < -0.39 is 41.2 Å². The minimum Gasteiger partial charge on any atom is -0.481 e. The van der Waals surface area contributed by atoms with Gasteiger partial charge in [0.2, 0.25) is 5.91 Å². The van der Waals surface area contributed by atoms with E-state index in [4.69, 9.17) is 9.47 Å². The maximum atomic E-state index is 12.4. The largest absolute Gasteiger partial charge is 0.481 e. The lowest BCUT2D eigenvalue weighted by atomic mass is 9.82. The zero-order valence-electron chi connectivity index (χ0n) is 14.6. The molecule has 2 aliphatic rings. The van der Waals surface area contributed by atoms with E-state index in [0.29, 0.717) is 6.42 Å². The molecule has 1 saturated carbocycles. The fourth-order valence-corrected chi connectivity index (χ4v) is 3.40. The third kappa shape index (κ3) is 4.04. The Kier molecular flexibility index (Phi) is 6.37. The van der Waals surface area contributed by atoms with E-state index in [-0.39, 0.29) is 25.0 Å². The monoisotopic (exact) mass is 366 g/mol. The molecule has 9 nitrogen and oxygen atoms in total. The average Bonchev–Trinajstić information content (AvgIpc) is 3.19. The predicted molar refractivity (Wildman–Crippen MR) is 88.0 cm³/mol. The molecule has 0 aromatic rings. The molecule has 1 amide bonds. The lowest BCUT2D eigenvalue weighted by Crippen LogP contribution is -2.44. The number of carbonyl (C=O) groups excluding carboxylic acids is 3. The molecule has 2 rings (SSSR count). The number of rotatable bonds is 8. The first-order valence-electron chi connectivity index (χ1n) is 8.41. The van der Waals surface area contributed by atoms with E-state index in [1.807, 2.05) is 12.2 Å². The molecule has 1 fully saturated rings. The Morgan fingerprint density at radius 3 is 2.08 bits per heavy atom. The first kappa shape index (κ1) is 19.5. The van der Waals surface area contributed by atoms with Crippen LogP contribution in [0.5, 0.6) is 0 Å². The number of hydrogen-bond donors (Lipinski definition) is 3. The van der Waals surface area contributed by atoms with Gasteiger partial charge in [0.15, 0.2) is 5.57 Å². The molecule has 3 N–H and O–H groups in total. The van der Waals surface area contributed by atoms with Gasteiger partial charge < -0.3 is 20.0 Å². The number of nitrogens with one attached hydrogen (secondary N) is 2. The summed E-state index contributed by atoms with van der Waals surface area (Å²) in [7, 11) is 0. The molecule has 0 saturated heterocycles. The summed E-state index contributed by atoms with van der Waals surface area (Å²) in [6, 6.07) is 0. The van der Waals surface area contributed by atoms with Crippen molar-refractivity contribution in [1.82, 2.24) is 10.9 Å². The Hall–Kier alpha value is -2.84. The Balaban J connectivity index is 2.03. The van der Waals surface area contributed by atoms with Crippen LogP contribution in [-0.4, -0.2) is 42.1 Å². The number of aliphatic carboxylic acids is 1. The summed E-state index contributed by atoms with van der Waals surface area (Å²) in [5.74, 6) is -5.10. The number of carboxylic acid groups (broad SMARTS) is 1. The molecule has 0 unspecified atom stereocenters. The molecular weight excluding hydrogens is 344 g/mol. The Morgan fingerprint density at radius 1 is 1.04 bits per heavy atom. The van der Waals surface area contributed by atoms with Gasteiger partial charge in [-0.05, 0) is 32.1 Å². The number of allylic oxidation sites excluding steroid dienone is 2. The van der Waals surface area contributed by atoms with Gasteiger partial charge in [0, 0.05) is 6.20 Å². The predicted octanol–water partition coefficient (Wildman–Crippen LogP) is 0.140. The van der Waals surface area contributed by atoms with Gasteiger partial charge in [-0.2, -0.15) is 0 Å². The fraction of sp³-hybridized carbons (Fsp3) is 0.529. The van der Waals surface area contributed by atoms with E-state index in [1.54, 1.807) is 13.8 Å². The topological polar surface area (TPSA) is 131 Å². The van der Waals surface area contributed by atoms with Crippen molar-refractivity contribution in [3.05, 3.63) is 23.9 Å². The molecule has 9 heteroatoms. The summed E-state index contributed by atoms with van der Waals surface area (Å²) in [6.45, 7) is 3.31. The van der Waals surface area contributed by atoms with Crippen molar-refractivity contribution < 1.29 is 33.8 Å². The van der Waals surface area contributed by atoms with E-state index in [1.165, 1.54) is 0 Å². The highest BCUT2D eigenvalue weighted by Gasteiger charge is 2.51. The van der Waals surface area contributed by atoms with Crippen molar-refractivity contribution in [3.8, 4) is 0 Å². The molecule has 0 aromatic heterocycles. The number of amides is 1. The van der Waals surface area contributed by atoms with Crippen molar-refractivity contribution in [1.29, 1.82) is 0 Å². The molecule has 4 atom stereocenters. The maximum absolute atomic E-state index is 12.4. The summed E-state index contributed by atoms with van der Waals surface area (Å²) in [6.07, 6.45) is 5.29. The Labute approximate surface area is 150 Å². The summed E-state index contributed by atoms with van der Waals surface area (Å²) in [5, 5.41) is 9.36. The summed E-state index contributed by atoms with van der Waals surface area (Å²) >= 11 is 0. The number of carboxylic acids is 1. The smallest absolute Gasteiger partial charge is 0.347 e. The van der Waals surface area contributed by atoms with Crippen LogP contribution < -0.4 is 10.9 Å². The maximum Gasteiger partial charge on any atom is 0.347 e. The van der Waals surface area contributed by atoms with Crippen LogP contribution >= 0.6 is 0 Å². The standard InChI is InChI=1S/C17H22N2O7/c1-3-25-16(23)11(17(24)26-4-2)8-18-19-14(20)12-9-5-6-10(7-9)13(12)15(21)22/h5-6,8-10,12-13,18H,3-4,7H2,1-2H3,(H,19,20)(H,21,22)/t9-,10+,12-,13+/m1/s1. The van der Waals surface area contributed by atoms with Gasteiger partial charge >= 0.3 is 17.9 Å². The number of carbonyl (C=O) groups is 4. The number of hydrazine groups is 1. The van der Waals surface area contributed by atoms with Crippen LogP contribution in [0.25, 0.3) is 0 Å². The normalized spacial score (nSPS) is 25.3. The van der Waals surface area contributed by atoms with E-state index in [9.17, 15) is 24.3 Å². The molecule has 0 heterocycles. The van der Waals surface area contributed by atoms with Gasteiger partial charge in [-0.3, -0.25) is 15.0 Å². The zero-order valence-corrected chi connectivity index (χ0v) is 14.6. The average molecular weight is 366 g/mol. The second kappa shape index (κ2) is 8.50. The first-order valence-corrected chi connectivity index (χ1v) is 8.41. The van der Waals surface area contributed by atoms with Gasteiger partial charge in [0.05, 0.1) is 25.0 Å². The molecule has 0 radical (unpaired) electrons. The second-order valence-electron chi connectivity index (χ2n) is 5.97. The van der Waals surface area contributed by atoms with Crippen LogP contribution in [0.2, 0.25) is 0 Å². The summed E-state index contributed by atoms with van der Waals surface area (Å²) < 4.78 is 9.54. The number of esters is 2. The van der Waals surface area contributed by atoms with Crippen molar-refractivity contribution in [2.75, 3.05) is 13.2 Å². The van der Waals surface area contributed by atoms with Gasteiger partial charge in [-0.25, -0.2) is 9.59 Å². The Morgan fingerprint density at radius 2 is 1.58 bits per heavy atom. The quantitative estimate of drug-likeness (QED) is 0.138. The molecule has 2 bridgehead atoms. The second-order valence-corrected chi connectivity index (χ2v) is 5.97. The van der Waals surface area contributed by atoms with Gasteiger partial charge in [0.25, 0.3) is 0 Å². The minimum absolute atomic E-state index is 0.0692. The van der Waals surface area contributed by atoms with Gasteiger partial charge in [0.1, 0.15) is 0 Å². The Bertz CT molecular complexity index is 635. The highest BCUT2D eigenvalue weighted by atomic mass is 16.6. The number of hydrogen-bond acceptors (Lipinski definition) is 7. The van der Waals surface area contributed by atoms with Crippen LogP contribution in [0.4, 0.5) is 0 Å². The molecule has 0 aromatic carbocycles. The molecular formula is C17H22N2O7. The minimum atomic E-state index is -1.02. The molecule has 0 aliphatic heterocycles. The van der Waals surface area contributed by atoms with Gasteiger partial charge in [-0.15, -0.1) is 0 Å². The lowest BCUT2D eigenvalue weighted by Gasteiger charge is -2.23. The van der Waals surface area contributed by atoms with Crippen LogP contribution in [0.3, 0.4) is 0 Å². The third-order valence-corrected chi connectivity index (χ3v) is 4.45. The van der Waals surface area contributed by atoms with E-state index in [2.05, 4.69) is 10.9 Å².